The second-order valence-corrected chi connectivity index (χ2v) is 6.96. The van der Waals surface area contributed by atoms with Crippen LogP contribution in [0, 0.1) is 0 Å². The van der Waals surface area contributed by atoms with Crippen LogP contribution >= 0.6 is 0 Å². The normalized spacial score (nSPS) is 22.7. The van der Waals surface area contributed by atoms with Crippen LogP contribution in [-0.2, 0) is 23.7 Å². The zero-order valence-electron chi connectivity index (χ0n) is 17.1. The van der Waals surface area contributed by atoms with Crippen LogP contribution in [0.5, 0.6) is 0 Å². The van der Waals surface area contributed by atoms with Gasteiger partial charge < -0.3 is 24.7 Å². The van der Waals surface area contributed by atoms with E-state index in [4.69, 9.17) is 24.7 Å². The Bertz CT molecular complexity index is 1190. The third-order valence-electron chi connectivity index (χ3n) is 4.84. The van der Waals surface area contributed by atoms with Gasteiger partial charge >= 0.3 is 11.9 Å². The molecule has 0 aliphatic carbocycles. The molecule has 1 fully saturated rings. The van der Waals surface area contributed by atoms with Crippen LogP contribution < -0.4 is 11.3 Å². The Labute approximate surface area is 180 Å². The van der Waals surface area contributed by atoms with Crippen molar-refractivity contribution in [1.82, 2.24) is 25.0 Å². The second-order valence-electron chi connectivity index (χ2n) is 6.96. The highest BCUT2D eigenvalue weighted by molar-refractivity contribution is 5.89. The Morgan fingerprint density at radius 2 is 2.00 bits per heavy atom. The molecule has 0 saturated carbocycles. The van der Waals surface area contributed by atoms with Gasteiger partial charge in [-0.05, 0) is 12.1 Å². The minimum Gasteiger partial charge on any atom is -0.459 e. The predicted molar refractivity (Wildman–Crippen MR) is 107 cm³/mol. The summed E-state index contributed by atoms with van der Waals surface area (Å²) in [5, 5.41) is 7.74. The molecule has 3 aromatic rings. The average molecular weight is 444 g/mol. The van der Waals surface area contributed by atoms with Gasteiger partial charge in [-0.1, -0.05) is 23.4 Å². The number of hydrogen-bond acceptors (Lipinski definition) is 11. The number of hydrogen-bond donors (Lipinski definition) is 2. The topological polar surface area (TPSA) is 174 Å². The number of nitrogens with two attached hydrogens (primary N) is 1. The summed E-state index contributed by atoms with van der Waals surface area (Å²) >= 11 is 0. The molecule has 13 heteroatoms. The van der Waals surface area contributed by atoms with Crippen LogP contribution in [-0.4, -0.2) is 68.9 Å². The van der Waals surface area contributed by atoms with Crippen molar-refractivity contribution >= 4 is 29.1 Å². The number of carbonyl (C=O) groups excluding carboxylic acids is 2. The largest absolute Gasteiger partial charge is 0.459 e. The molecule has 2 aromatic heterocycles. The number of H-pyrrole nitrogens is 1. The lowest BCUT2D eigenvalue weighted by Gasteiger charge is -2.22. The second kappa shape index (κ2) is 8.72. The van der Waals surface area contributed by atoms with Gasteiger partial charge in [0, 0.05) is 14.0 Å². The average Bonchev–Trinajstić information content (AvgIpc) is 3.33. The minimum absolute atomic E-state index is 0.0326. The van der Waals surface area contributed by atoms with Crippen molar-refractivity contribution in [3.8, 4) is 0 Å². The molecule has 13 nitrogen and oxygen atoms in total. The number of aromatic amines is 1. The monoisotopic (exact) mass is 444 g/mol. The molecule has 0 bridgehead atoms. The Kier molecular flexibility index (Phi) is 5.83. The number of nitrogen functional groups attached to an aromatic ring is 1. The van der Waals surface area contributed by atoms with Gasteiger partial charge in [-0.3, -0.25) is 14.6 Å². The number of fused-ring (bicyclic) bond motifs is 1. The first-order valence-corrected chi connectivity index (χ1v) is 9.57. The van der Waals surface area contributed by atoms with E-state index >= 15 is 0 Å². The van der Waals surface area contributed by atoms with E-state index in [1.54, 1.807) is 30.3 Å². The Morgan fingerprint density at radius 1 is 1.25 bits per heavy atom. The molecule has 1 aliphatic heterocycles. The summed E-state index contributed by atoms with van der Waals surface area (Å²) in [6, 6.07) is 8.43. The lowest BCUT2D eigenvalue weighted by molar-refractivity contribution is -0.157. The van der Waals surface area contributed by atoms with Gasteiger partial charge in [-0.25, -0.2) is 4.79 Å². The maximum Gasteiger partial charge on any atom is 0.338 e. The molecule has 0 radical (unpaired) electrons. The number of esters is 2. The van der Waals surface area contributed by atoms with Gasteiger partial charge in [0.25, 0.3) is 5.56 Å². The van der Waals surface area contributed by atoms with Crippen molar-refractivity contribution < 1.29 is 28.5 Å². The number of nitrogens with one attached hydrogen (secondary N) is 1. The van der Waals surface area contributed by atoms with E-state index in [1.165, 1.54) is 18.7 Å². The lowest BCUT2D eigenvalue weighted by Crippen LogP contribution is -2.39. The first-order chi connectivity index (χ1) is 15.4. The summed E-state index contributed by atoms with van der Waals surface area (Å²) in [6.07, 6.45) is -3.69. The zero-order chi connectivity index (χ0) is 22.8. The van der Waals surface area contributed by atoms with Crippen molar-refractivity contribution in [3.63, 3.8) is 0 Å². The minimum atomic E-state index is -1.07. The van der Waals surface area contributed by atoms with Crippen molar-refractivity contribution in [3.05, 3.63) is 46.2 Å². The highest BCUT2D eigenvalue weighted by atomic mass is 16.6. The number of nitrogens with zero attached hydrogens (tertiary/aromatic N) is 4. The summed E-state index contributed by atoms with van der Waals surface area (Å²) in [7, 11) is 1.40. The van der Waals surface area contributed by atoms with E-state index in [0.717, 1.165) is 0 Å². The molecule has 1 aliphatic rings. The zero-order valence-corrected chi connectivity index (χ0v) is 17.1. The molecule has 3 N–H and O–H groups in total. The van der Waals surface area contributed by atoms with Crippen LogP contribution in [0.1, 0.15) is 23.5 Å². The summed E-state index contributed by atoms with van der Waals surface area (Å²) in [5.74, 6) is -1.30. The SMILES string of the molecule is CO[C@H]1[C@@H](OC(C)=O)[C@H](n2nnc3c(=O)[nH]c(N)nc32)O[C@@H]1COC(=O)c1ccccc1. The number of methoxy groups -OCH3 is 1. The molecule has 0 amide bonds. The maximum atomic E-state index is 12.3. The Balaban J connectivity index is 1.63. The predicted octanol–water partition coefficient (Wildman–Crippen LogP) is -0.202. The molecule has 0 unspecified atom stereocenters. The van der Waals surface area contributed by atoms with Gasteiger partial charge in [0.05, 0.1) is 5.56 Å². The number of carbonyl (C=O) groups is 2. The smallest absolute Gasteiger partial charge is 0.338 e. The number of ether oxygens (including phenoxy) is 4. The number of rotatable bonds is 6. The van der Waals surface area contributed by atoms with Gasteiger partial charge in [-0.2, -0.15) is 9.67 Å². The summed E-state index contributed by atoms with van der Waals surface area (Å²) in [4.78, 5) is 42.5. The number of anilines is 1. The molecular weight excluding hydrogens is 424 g/mol. The molecule has 1 aromatic carbocycles. The Morgan fingerprint density at radius 3 is 2.69 bits per heavy atom. The molecule has 4 atom stereocenters. The lowest BCUT2D eigenvalue weighted by atomic mass is 10.1. The third-order valence-corrected chi connectivity index (χ3v) is 4.84. The van der Waals surface area contributed by atoms with Crippen LogP contribution in [0.4, 0.5) is 5.95 Å². The highest BCUT2D eigenvalue weighted by Gasteiger charge is 2.50. The Hall–Kier alpha value is -3.84. The molecular formula is C19H20N6O7. The fourth-order valence-electron chi connectivity index (χ4n) is 3.49. The first-order valence-electron chi connectivity index (χ1n) is 9.57. The van der Waals surface area contributed by atoms with Gasteiger partial charge in [0.1, 0.15) is 18.8 Å². The van der Waals surface area contributed by atoms with Gasteiger partial charge in [0.2, 0.25) is 5.95 Å². The molecule has 3 heterocycles. The van der Waals surface area contributed by atoms with E-state index in [2.05, 4.69) is 20.3 Å². The molecule has 32 heavy (non-hydrogen) atoms. The number of aromatic nitrogens is 5. The molecule has 0 spiro atoms. The fourth-order valence-corrected chi connectivity index (χ4v) is 3.49. The van der Waals surface area contributed by atoms with Crippen molar-refractivity contribution in [2.45, 2.75) is 31.5 Å². The van der Waals surface area contributed by atoms with E-state index in [0.29, 0.717) is 5.56 Å². The summed E-state index contributed by atoms with van der Waals surface area (Å²) in [5.41, 5.74) is 5.38. The van der Waals surface area contributed by atoms with Crippen LogP contribution in [0.15, 0.2) is 35.1 Å². The van der Waals surface area contributed by atoms with E-state index in [-0.39, 0.29) is 23.7 Å². The molecule has 4 rings (SSSR count). The van der Waals surface area contributed by atoms with E-state index < -0.39 is 42.0 Å². The van der Waals surface area contributed by atoms with Crippen molar-refractivity contribution in [1.29, 1.82) is 0 Å². The summed E-state index contributed by atoms with van der Waals surface area (Å²) in [6.45, 7) is 1.04. The maximum absolute atomic E-state index is 12.3. The van der Waals surface area contributed by atoms with Gasteiger partial charge in [0.15, 0.2) is 23.5 Å². The standard InChI is InChI=1S/C19H20N6O7/c1-9(26)31-14-13(29-2)11(8-30-18(28)10-6-4-3-5-7-10)32-17(14)25-15-12(23-24-25)16(27)22-19(20)21-15/h3-7,11,13-14,17H,8H2,1-2H3,(H3,20,21,22,27)/t11-,13-,14-,17-/m1/s1. The van der Waals surface area contributed by atoms with Crippen molar-refractivity contribution in [2.75, 3.05) is 19.5 Å². The van der Waals surface area contributed by atoms with Gasteiger partial charge in [-0.15, -0.1) is 5.10 Å². The quantitative estimate of drug-likeness (QED) is 0.482. The van der Waals surface area contributed by atoms with Crippen LogP contribution in [0.3, 0.4) is 0 Å². The van der Waals surface area contributed by atoms with E-state index in [1.807, 2.05) is 0 Å². The number of benzene rings is 1. The van der Waals surface area contributed by atoms with E-state index in [9.17, 15) is 14.4 Å². The molecule has 1 saturated heterocycles. The van der Waals surface area contributed by atoms with Crippen molar-refractivity contribution in [2.24, 2.45) is 0 Å². The van der Waals surface area contributed by atoms with Crippen LogP contribution in [0.25, 0.3) is 11.2 Å². The van der Waals surface area contributed by atoms with Crippen LogP contribution in [0.2, 0.25) is 0 Å². The third kappa shape index (κ3) is 4.02. The highest BCUT2D eigenvalue weighted by Crippen LogP contribution is 2.34. The molecule has 168 valence electrons. The fraction of sp³-hybridized carbons (Fsp3) is 0.368. The first kappa shape index (κ1) is 21.4. The summed E-state index contributed by atoms with van der Waals surface area (Å²) < 4.78 is 23.4.